The van der Waals surface area contributed by atoms with Gasteiger partial charge in [-0.05, 0) is 23.8 Å². The fourth-order valence-electron chi connectivity index (χ4n) is 1.82. The average molecular weight is 279 g/mol. The van der Waals surface area contributed by atoms with E-state index in [1.165, 1.54) is 25.3 Å². The minimum atomic E-state index is -3.86. The molecule has 3 N–H and O–H groups in total. The first-order chi connectivity index (χ1) is 8.93. The summed E-state index contributed by atoms with van der Waals surface area (Å²) < 4.78 is 28.2. The molecule has 0 spiro atoms. The van der Waals surface area contributed by atoms with Gasteiger partial charge in [-0.25, -0.2) is 13.6 Å². The van der Waals surface area contributed by atoms with Gasteiger partial charge in [0.1, 0.15) is 16.4 Å². The van der Waals surface area contributed by atoms with E-state index in [1.54, 1.807) is 24.3 Å². The van der Waals surface area contributed by atoms with Gasteiger partial charge in [-0.3, -0.25) is 0 Å². The predicted octanol–water partition coefficient (Wildman–Crippen LogP) is 1.72. The van der Waals surface area contributed by atoms with Crippen molar-refractivity contribution >= 4 is 10.0 Å². The number of primary sulfonamides is 1. The van der Waals surface area contributed by atoms with Crippen LogP contribution in [0.5, 0.6) is 11.5 Å². The fourth-order valence-corrected chi connectivity index (χ4v) is 2.54. The predicted molar refractivity (Wildman–Crippen MR) is 71.5 cm³/mol. The zero-order valence-corrected chi connectivity index (χ0v) is 11.0. The van der Waals surface area contributed by atoms with E-state index in [9.17, 15) is 13.5 Å². The van der Waals surface area contributed by atoms with E-state index < -0.39 is 10.0 Å². The Hall–Kier alpha value is -2.05. The zero-order chi connectivity index (χ0) is 14.0. The molecule has 0 aromatic heterocycles. The molecule has 0 amide bonds. The molecular weight excluding hydrogens is 266 g/mol. The summed E-state index contributed by atoms with van der Waals surface area (Å²) >= 11 is 0. The van der Waals surface area contributed by atoms with Crippen molar-refractivity contribution in [2.75, 3.05) is 7.11 Å². The largest absolute Gasteiger partial charge is 0.508 e. The first-order valence-electron chi connectivity index (χ1n) is 5.42. The molecule has 2 rings (SSSR count). The van der Waals surface area contributed by atoms with Crippen LogP contribution in [0.1, 0.15) is 0 Å². The fraction of sp³-hybridized carbons (Fsp3) is 0.0769. The highest BCUT2D eigenvalue weighted by molar-refractivity contribution is 7.89. The number of phenols is 1. The lowest BCUT2D eigenvalue weighted by molar-refractivity contribution is 0.404. The van der Waals surface area contributed by atoms with Gasteiger partial charge in [-0.2, -0.15) is 0 Å². The molecule has 0 atom stereocenters. The normalized spacial score (nSPS) is 11.3. The number of ether oxygens (including phenoxy) is 1. The number of benzene rings is 2. The van der Waals surface area contributed by atoms with Gasteiger partial charge in [-0.1, -0.05) is 24.3 Å². The van der Waals surface area contributed by atoms with Gasteiger partial charge < -0.3 is 9.84 Å². The van der Waals surface area contributed by atoms with Crippen molar-refractivity contribution in [1.29, 1.82) is 0 Å². The molecular formula is C13H13NO4S. The van der Waals surface area contributed by atoms with Crippen LogP contribution < -0.4 is 9.88 Å². The quantitative estimate of drug-likeness (QED) is 0.895. The first kappa shape index (κ1) is 13.4. The lowest BCUT2D eigenvalue weighted by Crippen LogP contribution is -2.13. The van der Waals surface area contributed by atoms with Crippen LogP contribution in [0, 0.1) is 0 Å². The molecule has 2 aromatic rings. The third-order valence-corrected chi connectivity index (χ3v) is 3.60. The minimum Gasteiger partial charge on any atom is -0.508 e. The van der Waals surface area contributed by atoms with Gasteiger partial charge >= 0.3 is 0 Å². The summed E-state index contributed by atoms with van der Waals surface area (Å²) in [6, 6.07) is 11.1. The second-order valence-electron chi connectivity index (χ2n) is 3.93. The zero-order valence-electron chi connectivity index (χ0n) is 10.2. The molecule has 0 aliphatic carbocycles. The minimum absolute atomic E-state index is 0.0689. The highest BCUT2D eigenvalue weighted by Gasteiger charge is 2.18. The number of aromatic hydroxyl groups is 1. The molecule has 0 saturated carbocycles. The Morgan fingerprint density at radius 3 is 2.26 bits per heavy atom. The van der Waals surface area contributed by atoms with Crippen molar-refractivity contribution in [2.45, 2.75) is 4.90 Å². The first-order valence-corrected chi connectivity index (χ1v) is 6.97. The molecule has 5 nitrogen and oxygen atoms in total. The van der Waals surface area contributed by atoms with E-state index in [0.29, 0.717) is 5.56 Å². The molecule has 0 unspecified atom stereocenters. The average Bonchev–Trinajstić information content (AvgIpc) is 2.37. The highest BCUT2D eigenvalue weighted by Crippen LogP contribution is 2.35. The molecule has 0 radical (unpaired) electrons. The third kappa shape index (κ3) is 2.69. The van der Waals surface area contributed by atoms with Crippen LogP contribution in [-0.4, -0.2) is 20.6 Å². The topological polar surface area (TPSA) is 89.6 Å². The molecule has 0 saturated heterocycles. The van der Waals surface area contributed by atoms with E-state index in [-0.39, 0.29) is 16.4 Å². The molecule has 0 aliphatic rings. The standard InChI is InChI=1S/C13H13NO4S/c1-18-13-11(9-5-7-10(15)8-6-9)3-2-4-12(13)19(14,16)17/h2-8,15H,1H3,(H2,14,16,17). The van der Waals surface area contributed by atoms with Crippen LogP contribution in [0.15, 0.2) is 47.4 Å². The van der Waals surface area contributed by atoms with Gasteiger partial charge in [-0.15, -0.1) is 0 Å². The lowest BCUT2D eigenvalue weighted by Gasteiger charge is -2.12. The smallest absolute Gasteiger partial charge is 0.241 e. The number of hydrogen-bond acceptors (Lipinski definition) is 4. The van der Waals surface area contributed by atoms with Gasteiger partial charge in [0, 0.05) is 5.56 Å². The van der Waals surface area contributed by atoms with Crippen molar-refractivity contribution in [1.82, 2.24) is 0 Å². The van der Waals surface area contributed by atoms with Crippen molar-refractivity contribution < 1.29 is 18.3 Å². The second kappa shape index (κ2) is 4.91. The number of nitrogens with two attached hydrogens (primary N) is 1. The van der Waals surface area contributed by atoms with Crippen LogP contribution in [0.2, 0.25) is 0 Å². The molecule has 19 heavy (non-hydrogen) atoms. The number of phenolic OH excluding ortho intramolecular Hbond substituents is 1. The van der Waals surface area contributed by atoms with Crippen molar-refractivity contribution in [3.63, 3.8) is 0 Å². The van der Waals surface area contributed by atoms with Crippen molar-refractivity contribution in [3.8, 4) is 22.6 Å². The number of sulfonamides is 1. The maximum atomic E-state index is 11.5. The molecule has 6 heteroatoms. The summed E-state index contributed by atoms with van der Waals surface area (Å²) in [7, 11) is -2.48. The van der Waals surface area contributed by atoms with Gasteiger partial charge in [0.05, 0.1) is 7.11 Å². The second-order valence-corrected chi connectivity index (χ2v) is 5.46. The van der Waals surface area contributed by atoms with E-state index in [1.807, 2.05) is 0 Å². The van der Waals surface area contributed by atoms with Crippen LogP contribution in [0.3, 0.4) is 0 Å². The lowest BCUT2D eigenvalue weighted by atomic mass is 10.0. The Morgan fingerprint density at radius 2 is 1.74 bits per heavy atom. The molecule has 0 aliphatic heterocycles. The number of methoxy groups -OCH3 is 1. The summed E-state index contributed by atoms with van der Waals surface area (Å²) in [6.07, 6.45) is 0. The molecule has 2 aromatic carbocycles. The van der Waals surface area contributed by atoms with E-state index in [2.05, 4.69) is 0 Å². The summed E-state index contributed by atoms with van der Waals surface area (Å²) in [5, 5.41) is 14.4. The Balaban J connectivity index is 2.68. The summed E-state index contributed by atoms with van der Waals surface area (Å²) in [4.78, 5) is -0.0689. The Bertz CT molecular complexity index is 693. The molecule has 100 valence electrons. The Morgan fingerprint density at radius 1 is 1.11 bits per heavy atom. The van der Waals surface area contributed by atoms with Crippen molar-refractivity contribution in [2.24, 2.45) is 5.14 Å². The molecule has 0 heterocycles. The molecule has 0 fully saturated rings. The van der Waals surface area contributed by atoms with E-state index in [4.69, 9.17) is 9.88 Å². The summed E-state index contributed by atoms with van der Waals surface area (Å²) in [5.74, 6) is 0.320. The van der Waals surface area contributed by atoms with Crippen LogP contribution in [-0.2, 0) is 10.0 Å². The SMILES string of the molecule is COc1c(-c2ccc(O)cc2)cccc1S(N)(=O)=O. The maximum Gasteiger partial charge on any atom is 0.241 e. The van der Waals surface area contributed by atoms with Crippen LogP contribution in [0.4, 0.5) is 0 Å². The van der Waals surface area contributed by atoms with Gasteiger partial charge in [0.15, 0.2) is 0 Å². The van der Waals surface area contributed by atoms with Gasteiger partial charge in [0.25, 0.3) is 0 Å². The number of rotatable bonds is 3. The number of para-hydroxylation sites is 1. The van der Waals surface area contributed by atoms with Crippen molar-refractivity contribution in [3.05, 3.63) is 42.5 Å². The number of hydrogen-bond donors (Lipinski definition) is 2. The Kier molecular flexibility index (Phi) is 3.46. The summed E-state index contributed by atoms with van der Waals surface area (Å²) in [6.45, 7) is 0. The van der Waals surface area contributed by atoms with Gasteiger partial charge in [0.2, 0.25) is 10.0 Å². The Labute approximate surface area is 111 Å². The molecule has 0 bridgehead atoms. The monoisotopic (exact) mass is 279 g/mol. The highest BCUT2D eigenvalue weighted by atomic mass is 32.2. The van der Waals surface area contributed by atoms with E-state index in [0.717, 1.165) is 5.56 Å². The summed E-state index contributed by atoms with van der Waals surface area (Å²) in [5.41, 5.74) is 1.31. The van der Waals surface area contributed by atoms with Crippen LogP contribution >= 0.6 is 0 Å². The maximum absolute atomic E-state index is 11.5. The third-order valence-electron chi connectivity index (χ3n) is 2.67. The van der Waals surface area contributed by atoms with Crippen LogP contribution in [0.25, 0.3) is 11.1 Å². The van der Waals surface area contributed by atoms with E-state index >= 15 is 0 Å².